The van der Waals surface area contributed by atoms with Gasteiger partial charge in [0.05, 0.1) is 41.5 Å². The van der Waals surface area contributed by atoms with Crippen LogP contribution in [0.15, 0.2) is 18.3 Å². The zero-order chi connectivity index (χ0) is 20.2. The van der Waals surface area contributed by atoms with E-state index in [1.807, 2.05) is 11.5 Å². The number of hydrogen-bond acceptors (Lipinski definition) is 6. The summed E-state index contributed by atoms with van der Waals surface area (Å²) in [4.78, 5) is 20.1. The van der Waals surface area contributed by atoms with Crippen molar-refractivity contribution >= 4 is 22.8 Å². The first-order valence-electron chi connectivity index (χ1n) is 8.67. The van der Waals surface area contributed by atoms with E-state index in [0.29, 0.717) is 35.6 Å². The number of nitrogens with one attached hydrogen (secondary N) is 1. The monoisotopic (exact) mass is 386 g/mol. The molecule has 2 aromatic heterocycles. The Morgan fingerprint density at radius 1 is 1.32 bits per heavy atom. The van der Waals surface area contributed by atoms with Gasteiger partial charge in [0.15, 0.2) is 17.3 Å². The quantitative estimate of drug-likeness (QED) is 0.597. The lowest BCUT2D eigenvalue weighted by molar-refractivity contribution is -0.114. The number of carbonyl (C=O) groups excluding carboxylic acids is 1. The average molecular weight is 386 g/mol. The molecule has 3 heterocycles. The number of ether oxygens (including phenoxy) is 1. The van der Waals surface area contributed by atoms with Crippen LogP contribution in [0.25, 0.3) is 22.4 Å². The Hall–Kier alpha value is -3.20. The van der Waals surface area contributed by atoms with Gasteiger partial charge in [-0.3, -0.25) is 4.79 Å². The molecule has 1 amide bonds. The van der Waals surface area contributed by atoms with Crippen LogP contribution in [0.2, 0.25) is 0 Å². The smallest absolute Gasteiger partial charge is 0.222 e. The molecule has 9 heteroatoms. The molecule has 0 radical (unpaired) electrons. The first-order valence-corrected chi connectivity index (χ1v) is 8.67. The number of aromatic nitrogens is 3. The van der Waals surface area contributed by atoms with Gasteiger partial charge >= 0.3 is 0 Å². The molecule has 0 unspecified atom stereocenters. The van der Waals surface area contributed by atoms with E-state index >= 15 is 0 Å². The van der Waals surface area contributed by atoms with Crippen molar-refractivity contribution < 1.29 is 24.1 Å². The fourth-order valence-corrected chi connectivity index (χ4v) is 3.41. The fourth-order valence-electron chi connectivity index (χ4n) is 3.41. The molecular formula is C19H19FN4O4. The number of pyridine rings is 1. The standard InChI is InChI=1S/C19H19FN4O4/c1-9-4-11(15(20)17(27)16(9)26)18-23-12-5-14(22-10(2)25)21-6-13(12)24(18)19(3)7-28-8-19/h4-6,26-27H,7-8H2,1-3H3,(H,21,22,25). The van der Waals surface area contributed by atoms with Crippen LogP contribution < -0.4 is 5.32 Å². The van der Waals surface area contributed by atoms with Crippen molar-refractivity contribution in [3.8, 4) is 22.9 Å². The summed E-state index contributed by atoms with van der Waals surface area (Å²) in [5.74, 6) is -1.94. The normalized spacial score (nSPS) is 15.4. The van der Waals surface area contributed by atoms with Gasteiger partial charge in [-0.05, 0) is 25.5 Å². The van der Waals surface area contributed by atoms with Gasteiger partial charge < -0.3 is 24.8 Å². The van der Waals surface area contributed by atoms with Crippen molar-refractivity contribution in [3.05, 3.63) is 29.7 Å². The van der Waals surface area contributed by atoms with Gasteiger partial charge in [0, 0.05) is 13.0 Å². The number of nitrogens with zero attached hydrogens (tertiary/aromatic N) is 3. The second-order valence-electron chi connectivity index (χ2n) is 7.25. The molecule has 1 aromatic carbocycles. The number of hydrogen-bond donors (Lipinski definition) is 3. The van der Waals surface area contributed by atoms with Crippen LogP contribution in [0.4, 0.5) is 10.2 Å². The number of rotatable bonds is 3. The van der Waals surface area contributed by atoms with Gasteiger partial charge in [0.2, 0.25) is 5.91 Å². The molecule has 1 aliphatic rings. The molecule has 28 heavy (non-hydrogen) atoms. The van der Waals surface area contributed by atoms with Crippen LogP contribution in [0, 0.1) is 12.7 Å². The second kappa shape index (κ2) is 6.16. The maximum absolute atomic E-state index is 14.8. The molecule has 0 saturated carbocycles. The van der Waals surface area contributed by atoms with E-state index in [9.17, 15) is 19.4 Å². The molecule has 4 rings (SSSR count). The lowest BCUT2D eigenvalue weighted by atomic mass is 9.98. The number of halogens is 1. The van der Waals surface area contributed by atoms with E-state index in [1.165, 1.54) is 13.0 Å². The summed E-state index contributed by atoms with van der Waals surface area (Å²) >= 11 is 0. The third-order valence-electron chi connectivity index (χ3n) is 4.85. The highest BCUT2D eigenvalue weighted by Gasteiger charge is 2.39. The number of aromatic hydroxyl groups is 2. The molecule has 1 saturated heterocycles. The van der Waals surface area contributed by atoms with Gasteiger partial charge in [-0.1, -0.05) is 0 Å². The summed E-state index contributed by atoms with van der Waals surface area (Å²) in [5.41, 5.74) is 1.04. The largest absolute Gasteiger partial charge is 0.504 e. The van der Waals surface area contributed by atoms with E-state index in [0.717, 1.165) is 0 Å². The number of benzene rings is 1. The van der Waals surface area contributed by atoms with E-state index < -0.39 is 22.9 Å². The fraction of sp³-hybridized carbons (Fsp3) is 0.316. The highest BCUT2D eigenvalue weighted by Crippen LogP contribution is 2.41. The Kier molecular flexibility index (Phi) is 4.00. The van der Waals surface area contributed by atoms with Gasteiger partial charge in [-0.25, -0.2) is 14.4 Å². The molecule has 1 fully saturated rings. The van der Waals surface area contributed by atoms with E-state index in [1.54, 1.807) is 19.2 Å². The first-order chi connectivity index (χ1) is 13.2. The lowest BCUT2D eigenvalue weighted by Crippen LogP contribution is -2.49. The Balaban J connectivity index is 2.00. The summed E-state index contributed by atoms with van der Waals surface area (Å²) < 4.78 is 22.0. The Morgan fingerprint density at radius 2 is 2.04 bits per heavy atom. The van der Waals surface area contributed by atoms with Crippen LogP contribution in [-0.4, -0.2) is 43.9 Å². The highest BCUT2D eigenvalue weighted by molar-refractivity contribution is 5.90. The van der Waals surface area contributed by atoms with Crippen LogP contribution in [0.5, 0.6) is 11.5 Å². The Morgan fingerprint density at radius 3 is 2.64 bits per heavy atom. The molecule has 3 N–H and O–H groups in total. The van der Waals surface area contributed by atoms with Crippen molar-refractivity contribution in [3.63, 3.8) is 0 Å². The zero-order valence-corrected chi connectivity index (χ0v) is 15.6. The number of imidazole rings is 1. The first kappa shape index (κ1) is 18.2. The van der Waals surface area contributed by atoms with Crippen LogP contribution in [0.1, 0.15) is 19.4 Å². The lowest BCUT2D eigenvalue weighted by Gasteiger charge is -2.40. The maximum Gasteiger partial charge on any atom is 0.222 e. The van der Waals surface area contributed by atoms with Crippen molar-refractivity contribution in [2.24, 2.45) is 0 Å². The van der Waals surface area contributed by atoms with Gasteiger partial charge in [0.25, 0.3) is 0 Å². The van der Waals surface area contributed by atoms with Crippen LogP contribution >= 0.6 is 0 Å². The number of phenolic OH excluding ortho intramolecular Hbond substituents is 2. The summed E-state index contributed by atoms with van der Waals surface area (Å²) in [6, 6.07) is 3.04. The average Bonchev–Trinajstić information content (AvgIpc) is 2.99. The predicted molar refractivity (Wildman–Crippen MR) is 99.8 cm³/mol. The summed E-state index contributed by atoms with van der Waals surface area (Å²) in [6.45, 7) is 5.71. The molecule has 8 nitrogen and oxygen atoms in total. The Bertz CT molecular complexity index is 1120. The highest BCUT2D eigenvalue weighted by atomic mass is 19.1. The van der Waals surface area contributed by atoms with Crippen molar-refractivity contribution in [1.29, 1.82) is 0 Å². The molecule has 3 aromatic rings. The zero-order valence-electron chi connectivity index (χ0n) is 15.6. The third-order valence-corrected chi connectivity index (χ3v) is 4.85. The van der Waals surface area contributed by atoms with E-state index in [4.69, 9.17) is 4.74 Å². The minimum atomic E-state index is -0.960. The number of amides is 1. The van der Waals surface area contributed by atoms with Crippen molar-refractivity contribution in [2.45, 2.75) is 26.3 Å². The molecule has 146 valence electrons. The molecule has 0 bridgehead atoms. The topological polar surface area (TPSA) is 110 Å². The Labute approximate surface area is 159 Å². The number of carbonyl (C=O) groups is 1. The molecule has 0 aliphatic carbocycles. The predicted octanol–water partition coefficient (Wildman–Crippen LogP) is 2.66. The molecule has 1 aliphatic heterocycles. The minimum Gasteiger partial charge on any atom is -0.504 e. The van der Waals surface area contributed by atoms with Crippen LogP contribution in [-0.2, 0) is 15.1 Å². The SMILES string of the molecule is CC(=O)Nc1cc2nc(-c3cc(C)c(O)c(O)c3F)n(C3(C)COC3)c2cn1. The summed E-state index contributed by atoms with van der Waals surface area (Å²) in [6.07, 6.45) is 1.56. The van der Waals surface area contributed by atoms with E-state index in [-0.39, 0.29) is 17.3 Å². The van der Waals surface area contributed by atoms with Gasteiger partial charge in [-0.15, -0.1) is 0 Å². The van der Waals surface area contributed by atoms with E-state index in [2.05, 4.69) is 15.3 Å². The third kappa shape index (κ3) is 2.66. The van der Waals surface area contributed by atoms with Crippen molar-refractivity contribution in [2.75, 3.05) is 18.5 Å². The van der Waals surface area contributed by atoms with Crippen molar-refractivity contribution in [1.82, 2.24) is 14.5 Å². The number of aryl methyl sites for hydroxylation is 1. The minimum absolute atomic E-state index is 0.0539. The molecule has 0 atom stereocenters. The summed E-state index contributed by atoms with van der Waals surface area (Å²) in [7, 11) is 0. The number of fused-ring (bicyclic) bond motifs is 1. The van der Waals surface area contributed by atoms with Gasteiger partial charge in [0.1, 0.15) is 11.6 Å². The second-order valence-corrected chi connectivity index (χ2v) is 7.25. The number of phenols is 2. The molecular weight excluding hydrogens is 367 g/mol. The van der Waals surface area contributed by atoms with Gasteiger partial charge in [-0.2, -0.15) is 0 Å². The molecule has 0 spiro atoms. The number of anilines is 1. The summed E-state index contributed by atoms with van der Waals surface area (Å²) in [5, 5.41) is 22.4. The maximum atomic E-state index is 14.8. The van der Waals surface area contributed by atoms with Crippen LogP contribution in [0.3, 0.4) is 0 Å².